The molecule has 1 aliphatic heterocycles. The van der Waals surface area contributed by atoms with Gasteiger partial charge in [0.15, 0.2) is 0 Å². The minimum absolute atomic E-state index is 0.00738. The molecule has 2 aromatic heterocycles. The van der Waals surface area contributed by atoms with E-state index >= 15 is 0 Å². The average Bonchev–Trinajstić information content (AvgIpc) is 3.83. The lowest BCUT2D eigenvalue weighted by Crippen LogP contribution is -2.57. The van der Waals surface area contributed by atoms with Crippen molar-refractivity contribution < 1.29 is 24.2 Å². The molecule has 1 fully saturated rings. The molecule has 5 rings (SSSR count). The first-order valence-electron chi connectivity index (χ1n) is 17.7. The lowest BCUT2D eigenvalue weighted by atomic mass is 9.86. The maximum Gasteiger partial charge on any atom is 0.408 e. The predicted molar refractivity (Wildman–Crippen MR) is 212 cm³/mol. The Labute approximate surface area is 329 Å². The van der Waals surface area contributed by atoms with Crippen LogP contribution in [0.3, 0.4) is 0 Å². The second kappa shape index (κ2) is 17.5. The van der Waals surface area contributed by atoms with Gasteiger partial charge in [-0.1, -0.05) is 61.5 Å². The van der Waals surface area contributed by atoms with Gasteiger partial charge in [0.25, 0.3) is 0 Å². The molecule has 1 atom stereocenters. The average molecular weight is 787 g/mol. The second-order valence-corrected chi connectivity index (χ2v) is 16.7. The van der Waals surface area contributed by atoms with Crippen LogP contribution in [0.1, 0.15) is 77.1 Å². The Morgan fingerprint density at radius 3 is 2.26 bits per heavy atom. The van der Waals surface area contributed by atoms with E-state index in [0.717, 1.165) is 42.2 Å². The number of benzene rings is 2. The number of carbonyl (C=O) groups excluding carboxylic acids is 1. The van der Waals surface area contributed by atoms with Crippen LogP contribution in [0.15, 0.2) is 58.9 Å². The molecule has 0 aliphatic carbocycles. The third kappa shape index (κ3) is 10.0. The molecule has 0 bridgehead atoms. The van der Waals surface area contributed by atoms with E-state index in [1.54, 1.807) is 45.0 Å². The molecule has 2 N–H and O–H groups in total. The van der Waals surface area contributed by atoms with Gasteiger partial charge in [-0.2, -0.15) is 10.5 Å². The van der Waals surface area contributed by atoms with E-state index < -0.39 is 23.2 Å². The zero-order valence-electron chi connectivity index (χ0n) is 30.9. The lowest BCUT2D eigenvalue weighted by Gasteiger charge is -2.33. The van der Waals surface area contributed by atoms with Crippen LogP contribution in [-0.2, 0) is 15.3 Å². The van der Waals surface area contributed by atoms with Crippen LogP contribution in [0.4, 0.5) is 10.6 Å². The highest BCUT2D eigenvalue weighted by atomic mass is 35.5. The molecule has 1 saturated heterocycles. The van der Waals surface area contributed by atoms with E-state index in [9.17, 15) is 25.2 Å². The fraction of sp³-hybridized carbons (Fsp3) is 0.400. The van der Waals surface area contributed by atoms with Gasteiger partial charge in [0.2, 0.25) is 0 Å². The van der Waals surface area contributed by atoms with Crippen LogP contribution in [0.25, 0.3) is 21.7 Å². The Morgan fingerprint density at radius 2 is 1.67 bits per heavy atom. The number of carboxylic acid groups (broad SMARTS) is 1. The van der Waals surface area contributed by atoms with Crippen molar-refractivity contribution >= 4 is 52.6 Å². The Hall–Kier alpha value is -4.82. The summed E-state index contributed by atoms with van der Waals surface area (Å²) < 4.78 is 11.4. The predicted octanol–water partition coefficient (Wildman–Crippen LogP) is 9.32. The van der Waals surface area contributed by atoms with Gasteiger partial charge in [0, 0.05) is 46.8 Å². The van der Waals surface area contributed by atoms with Crippen LogP contribution in [-0.4, -0.2) is 58.0 Å². The number of aliphatic carboxylic acids is 1. The van der Waals surface area contributed by atoms with Crippen molar-refractivity contribution in [1.82, 2.24) is 15.3 Å². The topological polar surface area (TPSA) is 161 Å². The number of halogens is 1. The van der Waals surface area contributed by atoms with E-state index in [-0.39, 0.29) is 25.4 Å². The molecule has 54 heavy (non-hydrogen) atoms. The molecule has 11 nitrogen and oxygen atoms in total. The molecule has 0 saturated carbocycles. The molecular weight excluding hydrogens is 744 g/mol. The highest BCUT2D eigenvalue weighted by molar-refractivity contribution is 7.98. The Morgan fingerprint density at radius 1 is 1.02 bits per heavy atom. The fourth-order valence-corrected chi connectivity index (χ4v) is 8.21. The van der Waals surface area contributed by atoms with Gasteiger partial charge in [-0.25, -0.2) is 19.6 Å². The van der Waals surface area contributed by atoms with Crippen molar-refractivity contribution in [2.24, 2.45) is 5.92 Å². The standard InChI is InChI=1S/C40H43ClN6O5S2/c1-25(2)20-40(37(48)49,46-38(50)52-39(3,4)5)16-19-51-30-14-10-26(11-15-30)33-31(21-42)34(47-17-6-7-18-47)45-36(32(33)22-43)54-24-29-23-53-35(44-29)27-8-12-28(41)13-9-27/h8-15,23,25H,6-7,16-20,24H2,1-5H3,(H,46,50)(H,48,49)/t40-/m0/s1. The number of alkyl carbamates (subject to hydrolysis) is 1. The Kier molecular flexibility index (Phi) is 13.1. The van der Waals surface area contributed by atoms with Crippen molar-refractivity contribution in [1.29, 1.82) is 10.5 Å². The van der Waals surface area contributed by atoms with Gasteiger partial charge in [-0.05, 0) is 75.8 Å². The quantitative estimate of drug-likeness (QED) is 0.117. The highest BCUT2D eigenvalue weighted by Crippen LogP contribution is 2.40. The van der Waals surface area contributed by atoms with Gasteiger partial charge in [0.05, 0.1) is 17.9 Å². The van der Waals surface area contributed by atoms with Gasteiger partial charge >= 0.3 is 12.1 Å². The first-order valence-corrected chi connectivity index (χ1v) is 19.9. The zero-order chi connectivity index (χ0) is 39.0. The SMILES string of the molecule is CC(C)C[C@](CCOc1ccc(-c2c(C#N)c(SCc3csc(-c4ccc(Cl)cc4)n3)nc(N3CCCC3)c2C#N)cc1)(NC(=O)OC(C)(C)C)C(=O)O. The molecule has 1 amide bonds. The number of pyridine rings is 1. The highest BCUT2D eigenvalue weighted by Gasteiger charge is 2.42. The summed E-state index contributed by atoms with van der Waals surface area (Å²) in [6.45, 7) is 10.4. The van der Waals surface area contributed by atoms with Crippen LogP contribution < -0.4 is 15.0 Å². The molecule has 2 aromatic carbocycles. The number of hydrogen-bond acceptors (Lipinski definition) is 11. The van der Waals surface area contributed by atoms with E-state index in [0.29, 0.717) is 49.6 Å². The molecule has 14 heteroatoms. The largest absolute Gasteiger partial charge is 0.493 e. The van der Waals surface area contributed by atoms with E-state index in [2.05, 4.69) is 22.4 Å². The van der Waals surface area contributed by atoms with E-state index in [1.807, 2.05) is 43.5 Å². The summed E-state index contributed by atoms with van der Waals surface area (Å²) in [5.41, 5.74) is 1.18. The molecule has 0 unspecified atom stereocenters. The number of rotatable bonds is 14. The number of hydrogen-bond donors (Lipinski definition) is 2. The maximum atomic E-state index is 12.7. The first kappa shape index (κ1) is 40.4. The van der Waals surface area contributed by atoms with Crippen LogP contribution in [0.5, 0.6) is 5.75 Å². The smallest absolute Gasteiger partial charge is 0.408 e. The number of aromatic nitrogens is 2. The van der Waals surface area contributed by atoms with E-state index in [1.165, 1.54) is 23.1 Å². The number of ether oxygens (including phenoxy) is 2. The summed E-state index contributed by atoms with van der Waals surface area (Å²) in [7, 11) is 0. The molecular formula is C40H43ClN6O5S2. The summed E-state index contributed by atoms with van der Waals surface area (Å²) in [4.78, 5) is 37.1. The number of thioether (sulfide) groups is 1. The number of nitrogens with zero attached hydrogens (tertiary/aromatic N) is 5. The molecule has 282 valence electrons. The summed E-state index contributed by atoms with van der Waals surface area (Å²) in [6, 6.07) is 19.2. The number of nitriles is 2. The molecule has 1 aliphatic rings. The van der Waals surface area contributed by atoms with Crippen molar-refractivity contribution in [2.45, 2.75) is 82.2 Å². The number of nitrogens with one attached hydrogen (secondary N) is 1. The van der Waals surface area contributed by atoms with Crippen molar-refractivity contribution in [2.75, 3.05) is 24.6 Å². The van der Waals surface area contributed by atoms with Gasteiger partial charge in [-0.3, -0.25) is 0 Å². The maximum absolute atomic E-state index is 12.7. The zero-order valence-corrected chi connectivity index (χ0v) is 33.3. The van der Waals surface area contributed by atoms with Crippen molar-refractivity contribution in [3.05, 3.63) is 75.8 Å². The van der Waals surface area contributed by atoms with Crippen LogP contribution in [0, 0.1) is 28.6 Å². The molecule has 3 heterocycles. The Balaban J connectivity index is 1.40. The van der Waals surface area contributed by atoms with Crippen LogP contribution in [0.2, 0.25) is 5.02 Å². The number of thiazole rings is 1. The minimum Gasteiger partial charge on any atom is -0.493 e. The van der Waals surface area contributed by atoms with Crippen LogP contribution >= 0.6 is 34.7 Å². The Bertz CT molecular complexity index is 2050. The number of carboxylic acids is 1. The van der Waals surface area contributed by atoms with Gasteiger partial charge in [0.1, 0.15) is 50.4 Å². The number of carbonyl (C=O) groups is 2. The number of amides is 1. The van der Waals surface area contributed by atoms with E-state index in [4.69, 9.17) is 31.0 Å². The summed E-state index contributed by atoms with van der Waals surface area (Å²) in [5.74, 6) is 0.271. The fourth-order valence-electron chi connectivity index (χ4n) is 6.27. The summed E-state index contributed by atoms with van der Waals surface area (Å²) in [5, 5.41) is 37.9. The lowest BCUT2D eigenvalue weighted by molar-refractivity contribution is -0.146. The van der Waals surface area contributed by atoms with Crippen molar-refractivity contribution in [3.8, 4) is 39.6 Å². The van der Waals surface area contributed by atoms with Crippen molar-refractivity contribution in [3.63, 3.8) is 0 Å². The summed E-state index contributed by atoms with van der Waals surface area (Å²) in [6.07, 6.45) is 1.31. The van der Waals surface area contributed by atoms with Gasteiger partial charge < -0.3 is 24.8 Å². The normalized spacial score (nSPS) is 13.9. The summed E-state index contributed by atoms with van der Waals surface area (Å²) >= 11 is 9.01. The second-order valence-electron chi connectivity index (χ2n) is 14.5. The molecule has 0 radical (unpaired) electrons. The third-order valence-electron chi connectivity index (χ3n) is 8.62. The first-order chi connectivity index (χ1) is 25.7. The minimum atomic E-state index is -1.60. The third-order valence-corrected chi connectivity index (χ3v) is 10.8. The number of anilines is 1. The molecule has 4 aromatic rings. The molecule has 0 spiro atoms. The monoisotopic (exact) mass is 786 g/mol. The van der Waals surface area contributed by atoms with Gasteiger partial charge in [-0.15, -0.1) is 11.3 Å².